The van der Waals surface area contributed by atoms with Crippen LogP contribution in [0.15, 0.2) is 48.5 Å². The zero-order valence-electron chi connectivity index (χ0n) is 15.6. The molecule has 1 heterocycles. The molecule has 1 unspecified atom stereocenters. The fourth-order valence-corrected chi connectivity index (χ4v) is 3.34. The van der Waals surface area contributed by atoms with Crippen molar-refractivity contribution in [3.63, 3.8) is 0 Å². The van der Waals surface area contributed by atoms with E-state index in [1.807, 2.05) is 17.0 Å². The number of urea groups is 1. The number of carbonyl (C=O) groups is 2. The summed E-state index contributed by atoms with van der Waals surface area (Å²) in [5.41, 5.74) is 9.08. The molecule has 6 heteroatoms. The lowest BCUT2D eigenvalue weighted by atomic mass is 9.99. The van der Waals surface area contributed by atoms with E-state index in [9.17, 15) is 9.59 Å². The number of piperazine rings is 1. The van der Waals surface area contributed by atoms with Crippen molar-refractivity contribution in [1.29, 1.82) is 0 Å². The summed E-state index contributed by atoms with van der Waals surface area (Å²) in [5.74, 6) is 0.0236. The fourth-order valence-electron chi connectivity index (χ4n) is 3.34. The summed E-state index contributed by atoms with van der Waals surface area (Å²) >= 11 is 0. The van der Waals surface area contributed by atoms with E-state index in [2.05, 4.69) is 41.8 Å². The molecule has 2 aromatic carbocycles. The lowest BCUT2D eigenvalue weighted by Gasteiger charge is -2.36. The Labute approximate surface area is 159 Å². The van der Waals surface area contributed by atoms with Gasteiger partial charge in [0.05, 0.1) is 6.04 Å². The van der Waals surface area contributed by atoms with Crippen molar-refractivity contribution in [2.75, 3.05) is 19.6 Å². The van der Waals surface area contributed by atoms with E-state index in [1.165, 1.54) is 5.56 Å². The molecule has 27 heavy (non-hydrogen) atoms. The summed E-state index contributed by atoms with van der Waals surface area (Å²) in [6, 6.07) is 15.3. The second-order valence-corrected chi connectivity index (χ2v) is 6.73. The van der Waals surface area contributed by atoms with Crippen molar-refractivity contribution in [3.05, 3.63) is 70.8 Å². The Hall–Kier alpha value is -2.86. The second-order valence-electron chi connectivity index (χ2n) is 6.73. The average Bonchev–Trinajstić information content (AvgIpc) is 2.72. The number of aryl methyl sites for hydroxylation is 1. The molecule has 3 amide bonds. The molecule has 1 saturated heterocycles. The summed E-state index contributed by atoms with van der Waals surface area (Å²) in [4.78, 5) is 25.8. The van der Waals surface area contributed by atoms with Crippen LogP contribution in [-0.4, -0.2) is 36.5 Å². The lowest BCUT2D eigenvalue weighted by Crippen LogP contribution is -2.48. The minimum Gasteiger partial charge on any atom is -0.352 e. The molecular weight excluding hydrogens is 340 g/mol. The third kappa shape index (κ3) is 4.65. The minimum absolute atomic E-state index is 0.0216. The standard InChI is InChI=1S/C21H26N4O2/c1-2-15-3-7-17(8-4-15)19-14-23-11-12-25(19)20(26)18-9-5-16(6-10-18)13-24-21(22)27/h3-10,19,23H,2,11-14H2,1H3,(H3,22,24,27). The van der Waals surface area contributed by atoms with Crippen LogP contribution in [0, 0.1) is 0 Å². The normalized spacial score (nSPS) is 16.8. The summed E-state index contributed by atoms with van der Waals surface area (Å²) in [6.45, 7) is 4.69. The van der Waals surface area contributed by atoms with Crippen molar-refractivity contribution in [1.82, 2.24) is 15.5 Å². The fraction of sp³-hybridized carbons (Fsp3) is 0.333. The van der Waals surface area contributed by atoms with Crippen LogP contribution in [0.3, 0.4) is 0 Å². The molecule has 0 spiro atoms. The van der Waals surface area contributed by atoms with Gasteiger partial charge in [-0.1, -0.05) is 43.3 Å². The summed E-state index contributed by atoms with van der Waals surface area (Å²) in [7, 11) is 0. The number of primary amides is 1. The molecule has 1 fully saturated rings. The monoisotopic (exact) mass is 366 g/mol. The largest absolute Gasteiger partial charge is 0.352 e. The summed E-state index contributed by atoms with van der Waals surface area (Å²) in [6.07, 6.45) is 1.00. The number of nitrogens with one attached hydrogen (secondary N) is 2. The van der Waals surface area contributed by atoms with Crippen molar-refractivity contribution < 1.29 is 9.59 Å². The molecule has 2 aromatic rings. The first kappa shape index (κ1) is 18.9. The molecule has 3 rings (SSSR count). The van der Waals surface area contributed by atoms with Gasteiger partial charge in [-0.3, -0.25) is 4.79 Å². The van der Waals surface area contributed by atoms with Crippen molar-refractivity contribution >= 4 is 11.9 Å². The van der Waals surface area contributed by atoms with Crippen LogP contribution in [0.25, 0.3) is 0 Å². The lowest BCUT2D eigenvalue weighted by molar-refractivity contribution is 0.0634. The van der Waals surface area contributed by atoms with Crippen LogP contribution in [0.4, 0.5) is 4.79 Å². The van der Waals surface area contributed by atoms with Gasteiger partial charge in [0.2, 0.25) is 0 Å². The molecule has 0 aliphatic carbocycles. The van der Waals surface area contributed by atoms with E-state index < -0.39 is 6.03 Å². The van der Waals surface area contributed by atoms with E-state index in [1.54, 1.807) is 12.1 Å². The van der Waals surface area contributed by atoms with Gasteiger partial charge in [0.25, 0.3) is 5.91 Å². The van der Waals surface area contributed by atoms with E-state index in [-0.39, 0.29) is 11.9 Å². The van der Waals surface area contributed by atoms with E-state index >= 15 is 0 Å². The first-order valence-electron chi connectivity index (χ1n) is 9.31. The number of hydrogen-bond donors (Lipinski definition) is 3. The Morgan fingerprint density at radius 3 is 2.41 bits per heavy atom. The molecule has 0 radical (unpaired) electrons. The topological polar surface area (TPSA) is 87.5 Å². The zero-order chi connectivity index (χ0) is 19.2. The van der Waals surface area contributed by atoms with Gasteiger partial charge in [-0.05, 0) is 35.2 Å². The molecule has 1 atom stereocenters. The van der Waals surface area contributed by atoms with Gasteiger partial charge in [0, 0.05) is 31.7 Å². The number of nitrogens with two attached hydrogens (primary N) is 1. The van der Waals surface area contributed by atoms with Gasteiger partial charge in [-0.2, -0.15) is 0 Å². The molecule has 0 saturated carbocycles. The molecule has 1 aliphatic rings. The van der Waals surface area contributed by atoms with E-state index in [0.717, 1.165) is 30.6 Å². The first-order chi connectivity index (χ1) is 13.1. The Morgan fingerprint density at radius 2 is 1.78 bits per heavy atom. The predicted molar refractivity (Wildman–Crippen MR) is 105 cm³/mol. The highest BCUT2D eigenvalue weighted by Crippen LogP contribution is 2.25. The number of benzene rings is 2. The SMILES string of the molecule is CCc1ccc(C2CNCCN2C(=O)c2ccc(CNC(N)=O)cc2)cc1. The first-order valence-corrected chi connectivity index (χ1v) is 9.31. The van der Waals surface area contributed by atoms with Crippen LogP contribution in [-0.2, 0) is 13.0 Å². The van der Waals surface area contributed by atoms with Crippen LogP contribution >= 0.6 is 0 Å². The minimum atomic E-state index is -0.562. The molecule has 0 aromatic heterocycles. The highest BCUT2D eigenvalue weighted by Gasteiger charge is 2.28. The van der Waals surface area contributed by atoms with Crippen molar-refractivity contribution in [2.24, 2.45) is 5.73 Å². The number of hydrogen-bond acceptors (Lipinski definition) is 3. The summed E-state index contributed by atoms with van der Waals surface area (Å²) < 4.78 is 0. The van der Waals surface area contributed by atoms with E-state index in [4.69, 9.17) is 5.73 Å². The maximum atomic E-state index is 13.1. The van der Waals surface area contributed by atoms with Crippen molar-refractivity contribution in [3.8, 4) is 0 Å². The molecule has 1 aliphatic heterocycles. The average molecular weight is 366 g/mol. The number of rotatable bonds is 5. The molecule has 142 valence electrons. The van der Waals surface area contributed by atoms with Gasteiger partial charge in [0.1, 0.15) is 0 Å². The maximum absolute atomic E-state index is 13.1. The number of carbonyl (C=O) groups excluding carboxylic acids is 2. The van der Waals surface area contributed by atoms with Gasteiger partial charge >= 0.3 is 6.03 Å². The van der Waals surface area contributed by atoms with Gasteiger partial charge in [-0.25, -0.2) is 4.79 Å². The Morgan fingerprint density at radius 1 is 1.11 bits per heavy atom. The second kappa shape index (κ2) is 8.68. The Kier molecular flexibility index (Phi) is 6.08. The number of nitrogens with zero attached hydrogens (tertiary/aromatic N) is 1. The van der Waals surface area contributed by atoms with Gasteiger partial charge in [-0.15, -0.1) is 0 Å². The zero-order valence-corrected chi connectivity index (χ0v) is 15.6. The predicted octanol–water partition coefficient (Wildman–Crippen LogP) is 2.20. The highest BCUT2D eigenvalue weighted by molar-refractivity contribution is 5.94. The smallest absolute Gasteiger partial charge is 0.312 e. The molecule has 4 N–H and O–H groups in total. The quantitative estimate of drug-likeness (QED) is 0.758. The van der Waals surface area contributed by atoms with Crippen LogP contribution < -0.4 is 16.4 Å². The number of amides is 3. The van der Waals surface area contributed by atoms with Crippen molar-refractivity contribution in [2.45, 2.75) is 25.9 Å². The summed E-state index contributed by atoms with van der Waals surface area (Å²) in [5, 5.41) is 5.94. The van der Waals surface area contributed by atoms with Crippen LogP contribution in [0.1, 0.15) is 40.0 Å². The molecule has 0 bridgehead atoms. The Balaban J connectivity index is 1.75. The van der Waals surface area contributed by atoms with E-state index in [0.29, 0.717) is 18.7 Å². The Bertz CT molecular complexity index is 787. The third-order valence-corrected chi connectivity index (χ3v) is 4.94. The van der Waals surface area contributed by atoms with Crippen LogP contribution in [0.5, 0.6) is 0 Å². The molecular formula is C21H26N4O2. The molecule has 6 nitrogen and oxygen atoms in total. The van der Waals surface area contributed by atoms with Gasteiger partial charge in [0.15, 0.2) is 0 Å². The van der Waals surface area contributed by atoms with Gasteiger partial charge < -0.3 is 21.3 Å². The maximum Gasteiger partial charge on any atom is 0.312 e. The highest BCUT2D eigenvalue weighted by atomic mass is 16.2. The third-order valence-electron chi connectivity index (χ3n) is 4.94. The van der Waals surface area contributed by atoms with Crippen LogP contribution in [0.2, 0.25) is 0 Å².